The minimum absolute atomic E-state index is 0.393. The van der Waals surface area contributed by atoms with E-state index in [-0.39, 0.29) is 0 Å². The standard InChI is InChI=1S/C7H13NO2/c1-5(2)4-6(3)7(9)8-10/h5,10H,3-4H2,1-2H3,(H,8,9). The van der Waals surface area contributed by atoms with E-state index in [0.717, 1.165) is 0 Å². The quantitative estimate of drug-likeness (QED) is 0.353. The van der Waals surface area contributed by atoms with Gasteiger partial charge in [0.1, 0.15) is 0 Å². The third-order valence-corrected chi connectivity index (χ3v) is 1.08. The summed E-state index contributed by atoms with van der Waals surface area (Å²) in [7, 11) is 0. The van der Waals surface area contributed by atoms with Gasteiger partial charge in [-0.05, 0) is 12.3 Å². The molecule has 0 aromatic rings. The van der Waals surface area contributed by atoms with Gasteiger partial charge < -0.3 is 0 Å². The molecule has 3 heteroatoms. The van der Waals surface area contributed by atoms with Gasteiger partial charge in [0.15, 0.2) is 0 Å². The fraction of sp³-hybridized carbons (Fsp3) is 0.571. The first-order chi connectivity index (χ1) is 4.57. The first-order valence-corrected chi connectivity index (χ1v) is 3.20. The smallest absolute Gasteiger partial charge is 0.269 e. The third-order valence-electron chi connectivity index (χ3n) is 1.08. The van der Waals surface area contributed by atoms with Gasteiger partial charge in [0, 0.05) is 5.57 Å². The fourth-order valence-corrected chi connectivity index (χ4v) is 0.665. The average molecular weight is 143 g/mol. The summed E-state index contributed by atoms with van der Waals surface area (Å²) in [5.74, 6) is -0.0986. The largest absolute Gasteiger partial charge is 0.288 e. The summed E-state index contributed by atoms with van der Waals surface area (Å²) in [6.07, 6.45) is 0.617. The van der Waals surface area contributed by atoms with Gasteiger partial charge in [-0.3, -0.25) is 10.0 Å². The number of carbonyl (C=O) groups excluding carboxylic acids is 1. The zero-order chi connectivity index (χ0) is 8.15. The van der Waals surface area contributed by atoms with Gasteiger partial charge in [0.25, 0.3) is 5.91 Å². The average Bonchev–Trinajstić information content (AvgIpc) is 1.85. The molecule has 0 spiro atoms. The molecule has 2 N–H and O–H groups in total. The van der Waals surface area contributed by atoms with E-state index in [1.165, 1.54) is 5.48 Å². The van der Waals surface area contributed by atoms with Crippen LogP contribution in [0.5, 0.6) is 0 Å². The van der Waals surface area contributed by atoms with E-state index in [4.69, 9.17) is 5.21 Å². The highest BCUT2D eigenvalue weighted by Crippen LogP contribution is 2.07. The number of amides is 1. The molecule has 0 aromatic carbocycles. The van der Waals surface area contributed by atoms with Gasteiger partial charge in [-0.15, -0.1) is 0 Å². The van der Waals surface area contributed by atoms with E-state index < -0.39 is 5.91 Å². The first-order valence-electron chi connectivity index (χ1n) is 3.20. The summed E-state index contributed by atoms with van der Waals surface area (Å²) in [6.45, 7) is 7.46. The fourth-order valence-electron chi connectivity index (χ4n) is 0.665. The molecule has 0 bridgehead atoms. The van der Waals surface area contributed by atoms with Crippen molar-refractivity contribution < 1.29 is 10.0 Å². The van der Waals surface area contributed by atoms with Crippen LogP contribution in [0.2, 0.25) is 0 Å². The van der Waals surface area contributed by atoms with E-state index in [0.29, 0.717) is 17.9 Å². The van der Waals surface area contributed by atoms with Crippen molar-refractivity contribution in [1.29, 1.82) is 0 Å². The van der Waals surface area contributed by atoms with E-state index in [9.17, 15) is 4.79 Å². The van der Waals surface area contributed by atoms with E-state index >= 15 is 0 Å². The van der Waals surface area contributed by atoms with Crippen molar-refractivity contribution in [2.75, 3.05) is 0 Å². The molecule has 1 amide bonds. The molecule has 0 radical (unpaired) electrons. The summed E-state index contributed by atoms with van der Waals surface area (Å²) < 4.78 is 0. The molecular formula is C7H13NO2. The number of nitrogens with one attached hydrogen (secondary N) is 1. The Balaban J connectivity index is 3.74. The van der Waals surface area contributed by atoms with Gasteiger partial charge in [0.05, 0.1) is 0 Å². The highest BCUT2D eigenvalue weighted by molar-refractivity contribution is 5.91. The molecule has 0 heterocycles. The highest BCUT2D eigenvalue weighted by atomic mass is 16.5. The zero-order valence-electron chi connectivity index (χ0n) is 6.35. The third kappa shape index (κ3) is 3.25. The maximum Gasteiger partial charge on any atom is 0.269 e. The normalized spacial score (nSPS) is 9.60. The van der Waals surface area contributed by atoms with Crippen molar-refractivity contribution in [3.05, 3.63) is 12.2 Å². The number of hydroxylamine groups is 1. The molecule has 10 heavy (non-hydrogen) atoms. The molecule has 3 nitrogen and oxygen atoms in total. The Bertz CT molecular complexity index is 141. The molecule has 0 aliphatic heterocycles. The number of rotatable bonds is 3. The van der Waals surface area contributed by atoms with Gasteiger partial charge in [-0.25, -0.2) is 5.48 Å². The maximum absolute atomic E-state index is 10.6. The van der Waals surface area contributed by atoms with E-state index in [2.05, 4.69) is 6.58 Å². The Morgan fingerprint density at radius 2 is 2.20 bits per heavy atom. The number of hydrogen-bond donors (Lipinski definition) is 2. The Kier molecular flexibility index (Phi) is 3.72. The van der Waals surface area contributed by atoms with Crippen LogP contribution in [-0.2, 0) is 4.79 Å². The van der Waals surface area contributed by atoms with Crippen LogP contribution in [0.1, 0.15) is 20.3 Å². The Morgan fingerprint density at radius 3 is 2.50 bits per heavy atom. The van der Waals surface area contributed by atoms with Crippen LogP contribution < -0.4 is 5.48 Å². The molecule has 0 aromatic heterocycles. The second-order valence-electron chi connectivity index (χ2n) is 2.64. The lowest BCUT2D eigenvalue weighted by atomic mass is 10.0. The monoisotopic (exact) mass is 143 g/mol. The van der Waals surface area contributed by atoms with Gasteiger partial charge in [0.2, 0.25) is 0 Å². The van der Waals surface area contributed by atoms with Crippen LogP contribution in [0, 0.1) is 5.92 Å². The predicted octanol–water partition coefficient (Wildman–Crippen LogP) is 1.09. The second kappa shape index (κ2) is 4.06. The summed E-state index contributed by atoms with van der Waals surface area (Å²) in [5, 5.41) is 8.16. The summed E-state index contributed by atoms with van der Waals surface area (Å²) in [6, 6.07) is 0. The summed E-state index contributed by atoms with van der Waals surface area (Å²) in [4.78, 5) is 10.6. The Labute approximate surface area is 60.7 Å². The highest BCUT2D eigenvalue weighted by Gasteiger charge is 2.06. The summed E-state index contributed by atoms with van der Waals surface area (Å²) in [5.41, 5.74) is 1.95. The minimum Gasteiger partial charge on any atom is -0.288 e. The number of carbonyl (C=O) groups is 1. The second-order valence-corrected chi connectivity index (χ2v) is 2.64. The Morgan fingerprint density at radius 1 is 1.70 bits per heavy atom. The van der Waals surface area contributed by atoms with Crippen LogP contribution in [0.25, 0.3) is 0 Å². The lowest BCUT2D eigenvalue weighted by molar-refractivity contribution is -0.125. The van der Waals surface area contributed by atoms with Crippen LogP contribution >= 0.6 is 0 Å². The van der Waals surface area contributed by atoms with Crippen LogP contribution in [0.3, 0.4) is 0 Å². The summed E-state index contributed by atoms with van der Waals surface area (Å²) >= 11 is 0. The Hall–Kier alpha value is -0.830. The van der Waals surface area contributed by atoms with Crippen molar-refractivity contribution >= 4 is 5.91 Å². The lowest BCUT2D eigenvalue weighted by Crippen LogP contribution is -2.20. The zero-order valence-corrected chi connectivity index (χ0v) is 6.35. The van der Waals surface area contributed by atoms with Crippen molar-refractivity contribution in [3.63, 3.8) is 0 Å². The molecule has 0 atom stereocenters. The predicted molar refractivity (Wildman–Crippen MR) is 38.5 cm³/mol. The molecule has 0 aliphatic carbocycles. The molecule has 0 saturated heterocycles. The van der Waals surface area contributed by atoms with Crippen LogP contribution in [0.4, 0.5) is 0 Å². The topological polar surface area (TPSA) is 49.3 Å². The van der Waals surface area contributed by atoms with Crippen molar-refractivity contribution in [2.45, 2.75) is 20.3 Å². The number of hydrogen-bond acceptors (Lipinski definition) is 2. The molecule has 0 rings (SSSR count). The maximum atomic E-state index is 10.6. The van der Waals surface area contributed by atoms with Crippen molar-refractivity contribution in [1.82, 2.24) is 5.48 Å². The minimum atomic E-state index is -0.492. The van der Waals surface area contributed by atoms with Crippen LogP contribution in [0.15, 0.2) is 12.2 Å². The first kappa shape index (κ1) is 9.17. The molecular weight excluding hydrogens is 130 g/mol. The van der Waals surface area contributed by atoms with E-state index in [1.807, 2.05) is 13.8 Å². The van der Waals surface area contributed by atoms with Crippen molar-refractivity contribution in [2.24, 2.45) is 5.92 Å². The van der Waals surface area contributed by atoms with Gasteiger partial charge in [-0.2, -0.15) is 0 Å². The SMILES string of the molecule is C=C(CC(C)C)C(=O)NO. The van der Waals surface area contributed by atoms with Gasteiger partial charge >= 0.3 is 0 Å². The van der Waals surface area contributed by atoms with Crippen molar-refractivity contribution in [3.8, 4) is 0 Å². The van der Waals surface area contributed by atoms with Crippen LogP contribution in [-0.4, -0.2) is 11.1 Å². The molecule has 58 valence electrons. The molecule has 0 fully saturated rings. The molecule has 0 saturated carbocycles. The van der Waals surface area contributed by atoms with E-state index in [1.54, 1.807) is 0 Å². The molecule has 0 aliphatic rings. The molecule has 0 unspecified atom stereocenters. The lowest BCUT2D eigenvalue weighted by Gasteiger charge is -2.04. The van der Waals surface area contributed by atoms with Gasteiger partial charge in [-0.1, -0.05) is 20.4 Å².